The zero-order valence-electron chi connectivity index (χ0n) is 12.0. The highest BCUT2D eigenvalue weighted by molar-refractivity contribution is 9.10. The molecule has 2 aromatic carbocycles. The van der Waals surface area contributed by atoms with Crippen LogP contribution in [0.3, 0.4) is 0 Å². The molecule has 0 atom stereocenters. The lowest BCUT2D eigenvalue weighted by Gasteiger charge is -2.12. The summed E-state index contributed by atoms with van der Waals surface area (Å²) in [5.41, 5.74) is 2.03. The van der Waals surface area contributed by atoms with E-state index in [-0.39, 0.29) is 0 Å². The van der Waals surface area contributed by atoms with Crippen molar-refractivity contribution in [2.45, 2.75) is 13.2 Å². The van der Waals surface area contributed by atoms with Gasteiger partial charge in [-0.15, -0.1) is 5.10 Å². The number of aromatic amines is 1. The molecule has 0 spiro atoms. The van der Waals surface area contributed by atoms with Crippen molar-refractivity contribution in [1.82, 2.24) is 20.6 Å². The second-order valence-corrected chi connectivity index (χ2v) is 6.11. The van der Waals surface area contributed by atoms with Gasteiger partial charge in [0.25, 0.3) is 5.95 Å². The number of aromatic nitrogens is 4. The van der Waals surface area contributed by atoms with E-state index >= 15 is 0 Å². The minimum Gasteiger partial charge on any atom is -0.489 e. The Labute approximate surface area is 146 Å². The highest BCUT2D eigenvalue weighted by Crippen LogP contribution is 2.25. The van der Waals surface area contributed by atoms with Gasteiger partial charge in [-0.25, -0.2) is 0 Å². The van der Waals surface area contributed by atoms with Crippen molar-refractivity contribution < 1.29 is 4.74 Å². The number of hydrogen-bond donors (Lipinski definition) is 2. The molecule has 0 unspecified atom stereocenters. The Morgan fingerprint density at radius 2 is 2.00 bits per heavy atom. The standard InChI is InChI=1S/C15H13BrClN5O/c16-12-3-6-14(23-9-10-1-4-13(17)5-2-10)11(7-12)8-18-15-19-21-22-20-15/h1-7H,8-9H2,(H2,18,19,20,21,22). The van der Waals surface area contributed by atoms with Crippen LogP contribution < -0.4 is 10.1 Å². The largest absolute Gasteiger partial charge is 0.489 e. The zero-order valence-corrected chi connectivity index (χ0v) is 14.3. The molecule has 1 heterocycles. The van der Waals surface area contributed by atoms with Crippen molar-refractivity contribution in [3.8, 4) is 5.75 Å². The van der Waals surface area contributed by atoms with Crippen molar-refractivity contribution in [3.63, 3.8) is 0 Å². The number of nitrogens with one attached hydrogen (secondary N) is 2. The number of tetrazole rings is 1. The molecule has 0 fully saturated rings. The summed E-state index contributed by atoms with van der Waals surface area (Å²) < 4.78 is 6.89. The molecule has 23 heavy (non-hydrogen) atoms. The van der Waals surface area contributed by atoms with Crippen molar-refractivity contribution in [2.24, 2.45) is 0 Å². The maximum absolute atomic E-state index is 5.92. The molecule has 0 radical (unpaired) electrons. The summed E-state index contributed by atoms with van der Waals surface area (Å²) in [6, 6.07) is 13.4. The van der Waals surface area contributed by atoms with Crippen LogP contribution in [-0.4, -0.2) is 20.6 Å². The van der Waals surface area contributed by atoms with E-state index in [9.17, 15) is 0 Å². The van der Waals surface area contributed by atoms with E-state index in [0.29, 0.717) is 24.1 Å². The molecule has 3 rings (SSSR count). The molecule has 0 bridgehead atoms. The molecule has 0 aliphatic heterocycles. The predicted octanol–water partition coefficient (Wildman–Crippen LogP) is 3.81. The van der Waals surface area contributed by atoms with E-state index < -0.39 is 0 Å². The molecule has 0 aliphatic rings. The zero-order chi connectivity index (χ0) is 16.1. The van der Waals surface area contributed by atoms with Crippen LogP contribution in [0, 0.1) is 0 Å². The van der Waals surface area contributed by atoms with Gasteiger partial charge in [0.1, 0.15) is 12.4 Å². The number of rotatable bonds is 6. The molecule has 1 aromatic heterocycles. The van der Waals surface area contributed by atoms with Gasteiger partial charge in [0.15, 0.2) is 0 Å². The fraction of sp³-hybridized carbons (Fsp3) is 0.133. The van der Waals surface area contributed by atoms with Crippen LogP contribution in [0.5, 0.6) is 5.75 Å². The lowest BCUT2D eigenvalue weighted by molar-refractivity contribution is 0.303. The third-order valence-corrected chi connectivity index (χ3v) is 3.86. The Morgan fingerprint density at radius 1 is 1.17 bits per heavy atom. The lowest BCUT2D eigenvalue weighted by atomic mass is 10.2. The van der Waals surface area contributed by atoms with Crippen LogP contribution in [0.4, 0.5) is 5.95 Å². The second kappa shape index (κ2) is 7.43. The number of halogens is 2. The maximum Gasteiger partial charge on any atom is 0.263 e. The summed E-state index contributed by atoms with van der Waals surface area (Å²) in [5.74, 6) is 1.23. The highest BCUT2D eigenvalue weighted by atomic mass is 79.9. The average Bonchev–Trinajstić information content (AvgIpc) is 3.07. The Bertz CT molecular complexity index is 764. The van der Waals surface area contributed by atoms with Crippen molar-refractivity contribution in [2.75, 3.05) is 5.32 Å². The van der Waals surface area contributed by atoms with Gasteiger partial charge in [-0.3, -0.25) is 0 Å². The summed E-state index contributed by atoms with van der Waals surface area (Å²) >= 11 is 9.36. The van der Waals surface area contributed by atoms with E-state index in [1.807, 2.05) is 42.5 Å². The average molecular weight is 395 g/mol. The van der Waals surface area contributed by atoms with Crippen LogP contribution >= 0.6 is 27.5 Å². The summed E-state index contributed by atoms with van der Waals surface area (Å²) in [6.07, 6.45) is 0. The predicted molar refractivity (Wildman–Crippen MR) is 91.4 cm³/mol. The maximum atomic E-state index is 5.92. The molecule has 0 aliphatic carbocycles. The second-order valence-electron chi connectivity index (χ2n) is 4.76. The lowest BCUT2D eigenvalue weighted by Crippen LogP contribution is -2.05. The monoisotopic (exact) mass is 393 g/mol. The van der Waals surface area contributed by atoms with E-state index in [0.717, 1.165) is 21.3 Å². The van der Waals surface area contributed by atoms with Gasteiger partial charge >= 0.3 is 0 Å². The van der Waals surface area contributed by atoms with Crippen LogP contribution in [-0.2, 0) is 13.2 Å². The topological polar surface area (TPSA) is 75.7 Å². The van der Waals surface area contributed by atoms with E-state index in [4.69, 9.17) is 16.3 Å². The molecule has 118 valence electrons. The molecule has 3 aromatic rings. The number of nitrogens with zero attached hydrogens (tertiary/aromatic N) is 3. The van der Waals surface area contributed by atoms with Crippen molar-refractivity contribution >= 4 is 33.5 Å². The SMILES string of the molecule is Clc1ccc(COc2ccc(Br)cc2CNc2nn[nH]n2)cc1. The quantitative estimate of drug-likeness (QED) is 0.665. The van der Waals surface area contributed by atoms with Crippen LogP contribution in [0.25, 0.3) is 0 Å². The van der Waals surface area contributed by atoms with E-state index in [2.05, 4.69) is 41.9 Å². The van der Waals surface area contributed by atoms with Gasteiger partial charge in [-0.05, 0) is 41.1 Å². The highest BCUT2D eigenvalue weighted by Gasteiger charge is 2.07. The van der Waals surface area contributed by atoms with Gasteiger partial charge in [0.05, 0.1) is 0 Å². The minimum atomic E-state index is 0.439. The Morgan fingerprint density at radius 3 is 2.74 bits per heavy atom. The Kier molecular flexibility index (Phi) is 5.09. The van der Waals surface area contributed by atoms with Crippen molar-refractivity contribution in [1.29, 1.82) is 0 Å². The number of H-pyrrole nitrogens is 1. The first-order chi connectivity index (χ1) is 11.2. The molecule has 0 saturated carbocycles. The van der Waals surface area contributed by atoms with Crippen LogP contribution in [0.2, 0.25) is 5.02 Å². The molecule has 8 heteroatoms. The molecule has 6 nitrogen and oxygen atoms in total. The first-order valence-corrected chi connectivity index (χ1v) is 8.01. The smallest absolute Gasteiger partial charge is 0.263 e. The molecular weight excluding hydrogens is 382 g/mol. The number of ether oxygens (including phenoxy) is 1. The van der Waals surface area contributed by atoms with E-state index in [1.165, 1.54) is 0 Å². The minimum absolute atomic E-state index is 0.439. The van der Waals surface area contributed by atoms with E-state index in [1.54, 1.807) is 0 Å². The molecular formula is C15H13BrClN5O. The summed E-state index contributed by atoms with van der Waals surface area (Å²) in [7, 11) is 0. The molecule has 0 saturated heterocycles. The third-order valence-electron chi connectivity index (χ3n) is 3.11. The van der Waals surface area contributed by atoms with Gasteiger partial charge in [0.2, 0.25) is 0 Å². The summed E-state index contributed by atoms with van der Waals surface area (Å²) in [5, 5.41) is 17.4. The number of hydrogen-bond acceptors (Lipinski definition) is 5. The van der Waals surface area contributed by atoms with Gasteiger partial charge < -0.3 is 10.1 Å². The Balaban J connectivity index is 1.69. The number of anilines is 1. The van der Waals surface area contributed by atoms with Gasteiger partial charge in [-0.2, -0.15) is 5.21 Å². The number of benzene rings is 2. The van der Waals surface area contributed by atoms with Crippen LogP contribution in [0.1, 0.15) is 11.1 Å². The Hall–Kier alpha value is -2.12. The normalized spacial score (nSPS) is 10.5. The molecule has 0 amide bonds. The van der Waals surface area contributed by atoms with Crippen molar-refractivity contribution in [3.05, 3.63) is 63.1 Å². The fourth-order valence-electron chi connectivity index (χ4n) is 1.98. The van der Waals surface area contributed by atoms with Crippen LogP contribution in [0.15, 0.2) is 46.9 Å². The summed E-state index contributed by atoms with van der Waals surface area (Å²) in [4.78, 5) is 0. The van der Waals surface area contributed by atoms with Gasteiger partial charge in [0, 0.05) is 21.6 Å². The first kappa shape index (κ1) is 15.8. The third kappa shape index (κ3) is 4.43. The van der Waals surface area contributed by atoms with Gasteiger partial charge in [-0.1, -0.05) is 44.8 Å². The first-order valence-electron chi connectivity index (χ1n) is 6.84. The molecule has 2 N–H and O–H groups in total. The fourth-order valence-corrected chi connectivity index (χ4v) is 2.51. The summed E-state index contributed by atoms with van der Waals surface area (Å²) in [6.45, 7) is 0.989.